The zero-order chi connectivity index (χ0) is 14.9. The van der Waals surface area contributed by atoms with Crippen LogP contribution in [0.2, 0.25) is 10.0 Å². The molecule has 0 saturated carbocycles. The molecular formula is C11H15Cl2N3O3S. The van der Waals surface area contributed by atoms with Crippen LogP contribution in [-0.4, -0.2) is 48.9 Å². The number of benzene rings is 1. The number of nitrogens with two attached hydrogens (primary N) is 1. The van der Waals surface area contributed by atoms with E-state index in [1.165, 1.54) is 10.4 Å². The second-order valence-electron chi connectivity index (χ2n) is 4.58. The molecule has 112 valence electrons. The Labute approximate surface area is 127 Å². The number of halogens is 2. The van der Waals surface area contributed by atoms with E-state index in [-0.39, 0.29) is 10.8 Å². The molecule has 0 aromatic heterocycles. The molecule has 0 aliphatic carbocycles. The Bertz CT molecular complexity index is 601. The molecule has 1 heterocycles. The average molecular weight is 340 g/mol. The van der Waals surface area contributed by atoms with Crippen molar-refractivity contribution < 1.29 is 13.5 Å². The number of nitrogens with zero attached hydrogens (tertiary/aromatic N) is 2. The summed E-state index contributed by atoms with van der Waals surface area (Å²) in [5.74, 6) is -0.0192. The lowest BCUT2D eigenvalue weighted by Gasteiger charge is -2.33. The summed E-state index contributed by atoms with van der Waals surface area (Å²) in [5.41, 5.74) is 0.636. The molecule has 3 N–H and O–H groups in total. The molecule has 2 rings (SSSR count). The molecule has 0 unspecified atom stereocenters. The van der Waals surface area contributed by atoms with Crippen molar-refractivity contribution in [2.24, 2.45) is 5.14 Å². The minimum Gasteiger partial charge on any atom is -0.506 e. The molecule has 1 aliphatic rings. The van der Waals surface area contributed by atoms with Crippen molar-refractivity contribution in [1.82, 2.24) is 9.21 Å². The van der Waals surface area contributed by atoms with Crippen LogP contribution in [0.25, 0.3) is 0 Å². The Balaban J connectivity index is 2.05. The van der Waals surface area contributed by atoms with Crippen LogP contribution in [0.1, 0.15) is 5.56 Å². The highest BCUT2D eigenvalue weighted by Gasteiger charge is 2.25. The molecule has 1 saturated heterocycles. The van der Waals surface area contributed by atoms with Crippen LogP contribution in [0.15, 0.2) is 12.1 Å². The van der Waals surface area contributed by atoms with Gasteiger partial charge in [0.1, 0.15) is 5.75 Å². The lowest BCUT2D eigenvalue weighted by Crippen LogP contribution is -2.50. The monoisotopic (exact) mass is 339 g/mol. The van der Waals surface area contributed by atoms with Crippen LogP contribution < -0.4 is 5.14 Å². The number of phenolic OH excluding ortho intramolecular Hbond substituents is 1. The molecule has 0 atom stereocenters. The molecular weight excluding hydrogens is 325 g/mol. The van der Waals surface area contributed by atoms with E-state index in [1.54, 1.807) is 6.07 Å². The Morgan fingerprint density at radius 3 is 2.35 bits per heavy atom. The van der Waals surface area contributed by atoms with Gasteiger partial charge in [0.05, 0.1) is 5.02 Å². The Hall–Kier alpha value is -0.570. The topological polar surface area (TPSA) is 86.9 Å². The predicted octanol–water partition coefficient (Wildman–Crippen LogP) is 1.02. The highest BCUT2D eigenvalue weighted by atomic mass is 35.5. The Kier molecular flexibility index (Phi) is 4.78. The van der Waals surface area contributed by atoms with Crippen LogP contribution in [0.4, 0.5) is 0 Å². The zero-order valence-corrected chi connectivity index (χ0v) is 12.9. The molecule has 1 fully saturated rings. The number of rotatable bonds is 3. The van der Waals surface area contributed by atoms with Gasteiger partial charge in [-0.05, 0) is 12.1 Å². The zero-order valence-electron chi connectivity index (χ0n) is 10.6. The molecule has 1 aliphatic heterocycles. The van der Waals surface area contributed by atoms with E-state index in [9.17, 15) is 13.5 Å². The third-order valence-corrected chi connectivity index (χ3v) is 5.10. The van der Waals surface area contributed by atoms with E-state index in [4.69, 9.17) is 28.3 Å². The van der Waals surface area contributed by atoms with Crippen LogP contribution >= 0.6 is 23.2 Å². The van der Waals surface area contributed by atoms with Crippen molar-refractivity contribution >= 4 is 33.4 Å². The van der Waals surface area contributed by atoms with Gasteiger partial charge in [-0.2, -0.15) is 12.7 Å². The fourth-order valence-corrected chi connectivity index (χ4v) is 3.26. The van der Waals surface area contributed by atoms with Gasteiger partial charge in [-0.3, -0.25) is 4.90 Å². The molecule has 1 aromatic rings. The molecule has 0 spiro atoms. The van der Waals surface area contributed by atoms with Gasteiger partial charge in [-0.1, -0.05) is 23.2 Å². The Morgan fingerprint density at radius 2 is 1.80 bits per heavy atom. The van der Waals surface area contributed by atoms with Gasteiger partial charge < -0.3 is 5.11 Å². The van der Waals surface area contributed by atoms with Gasteiger partial charge in [0, 0.05) is 43.3 Å². The SMILES string of the molecule is NS(=O)(=O)N1CCN(Cc2c(Cl)ccc(O)c2Cl)CC1. The maximum Gasteiger partial charge on any atom is 0.276 e. The quantitative estimate of drug-likeness (QED) is 0.860. The maximum atomic E-state index is 11.2. The summed E-state index contributed by atoms with van der Waals surface area (Å²) in [4.78, 5) is 2.01. The van der Waals surface area contributed by atoms with Gasteiger partial charge in [-0.15, -0.1) is 0 Å². The van der Waals surface area contributed by atoms with Gasteiger partial charge in [-0.25, -0.2) is 5.14 Å². The van der Waals surface area contributed by atoms with Crippen LogP contribution in [0.5, 0.6) is 5.75 Å². The van der Waals surface area contributed by atoms with Crippen LogP contribution in [0.3, 0.4) is 0 Å². The minimum atomic E-state index is -3.63. The van der Waals surface area contributed by atoms with Crippen molar-refractivity contribution in [3.8, 4) is 5.75 Å². The largest absolute Gasteiger partial charge is 0.506 e. The fraction of sp³-hybridized carbons (Fsp3) is 0.455. The summed E-state index contributed by atoms with van der Waals surface area (Å²) in [6.07, 6.45) is 0. The highest BCUT2D eigenvalue weighted by Crippen LogP contribution is 2.33. The van der Waals surface area contributed by atoms with Crippen molar-refractivity contribution in [3.05, 3.63) is 27.7 Å². The summed E-state index contributed by atoms with van der Waals surface area (Å²) in [6.45, 7) is 2.15. The third-order valence-electron chi connectivity index (χ3n) is 3.24. The van der Waals surface area contributed by atoms with Crippen molar-refractivity contribution in [3.63, 3.8) is 0 Å². The fourth-order valence-electron chi connectivity index (χ4n) is 2.10. The smallest absolute Gasteiger partial charge is 0.276 e. The van der Waals surface area contributed by atoms with E-state index in [0.29, 0.717) is 43.3 Å². The van der Waals surface area contributed by atoms with Crippen molar-refractivity contribution in [1.29, 1.82) is 0 Å². The summed E-state index contributed by atoms with van der Waals surface area (Å²) < 4.78 is 23.7. The first-order valence-electron chi connectivity index (χ1n) is 5.95. The summed E-state index contributed by atoms with van der Waals surface area (Å²) in [5, 5.41) is 15.4. The van der Waals surface area contributed by atoms with E-state index in [2.05, 4.69) is 0 Å². The van der Waals surface area contributed by atoms with Crippen LogP contribution in [-0.2, 0) is 16.8 Å². The van der Waals surface area contributed by atoms with Gasteiger partial charge in [0.15, 0.2) is 0 Å². The van der Waals surface area contributed by atoms with Gasteiger partial charge in [0.25, 0.3) is 10.2 Å². The van der Waals surface area contributed by atoms with Crippen molar-refractivity contribution in [2.75, 3.05) is 26.2 Å². The second kappa shape index (κ2) is 6.05. The summed E-state index contributed by atoms with van der Waals surface area (Å²) >= 11 is 12.1. The number of hydrogen-bond acceptors (Lipinski definition) is 4. The van der Waals surface area contributed by atoms with Crippen LogP contribution in [0, 0.1) is 0 Å². The first kappa shape index (κ1) is 15.8. The minimum absolute atomic E-state index is 0.0192. The molecule has 20 heavy (non-hydrogen) atoms. The van der Waals surface area contributed by atoms with Crippen molar-refractivity contribution in [2.45, 2.75) is 6.54 Å². The number of piperazine rings is 1. The number of aromatic hydroxyl groups is 1. The van der Waals surface area contributed by atoms with Gasteiger partial charge in [0.2, 0.25) is 0 Å². The van der Waals surface area contributed by atoms with E-state index >= 15 is 0 Å². The normalized spacial score (nSPS) is 18.4. The first-order chi connectivity index (χ1) is 9.29. The second-order valence-corrected chi connectivity index (χ2v) is 6.91. The predicted molar refractivity (Wildman–Crippen MR) is 78.1 cm³/mol. The molecule has 6 nitrogen and oxygen atoms in total. The van der Waals surface area contributed by atoms with E-state index in [1.807, 2.05) is 4.90 Å². The number of hydrogen-bond donors (Lipinski definition) is 2. The summed E-state index contributed by atoms with van der Waals surface area (Å²) in [7, 11) is -3.63. The summed E-state index contributed by atoms with van der Waals surface area (Å²) in [6, 6.07) is 3.02. The molecule has 0 bridgehead atoms. The average Bonchev–Trinajstić information content (AvgIpc) is 2.39. The first-order valence-corrected chi connectivity index (χ1v) is 8.21. The lowest BCUT2D eigenvalue weighted by atomic mass is 10.2. The lowest BCUT2D eigenvalue weighted by molar-refractivity contribution is 0.181. The number of phenols is 1. The third kappa shape index (κ3) is 3.55. The maximum absolute atomic E-state index is 11.2. The highest BCUT2D eigenvalue weighted by molar-refractivity contribution is 7.86. The van der Waals surface area contributed by atoms with Gasteiger partial charge >= 0.3 is 0 Å². The molecule has 0 radical (unpaired) electrons. The molecule has 9 heteroatoms. The Morgan fingerprint density at radius 1 is 1.20 bits per heavy atom. The van der Waals surface area contributed by atoms with E-state index in [0.717, 1.165) is 0 Å². The standard InChI is InChI=1S/C11H15Cl2N3O3S/c12-9-1-2-10(17)11(13)8(9)7-15-3-5-16(6-4-15)20(14,18)19/h1-2,17H,3-7H2,(H2,14,18,19). The van der Waals surface area contributed by atoms with E-state index < -0.39 is 10.2 Å². The molecule has 0 amide bonds. The molecule has 1 aromatic carbocycles.